The van der Waals surface area contributed by atoms with Crippen LogP contribution in [0.25, 0.3) is 0 Å². The van der Waals surface area contributed by atoms with Gasteiger partial charge in [0.15, 0.2) is 0 Å². The average molecular weight is 282 g/mol. The Balaban J connectivity index is 2.03. The molecule has 3 rings (SSSR count). The van der Waals surface area contributed by atoms with Gasteiger partial charge in [0.1, 0.15) is 12.4 Å². The number of nitrogens with one attached hydrogen (secondary N) is 1. The smallest absolute Gasteiger partial charge is 0.259 e. The molecule has 2 aromatic rings. The van der Waals surface area contributed by atoms with Gasteiger partial charge in [-0.3, -0.25) is 14.5 Å². The number of nitrogen functional groups attached to an aromatic ring is 1. The molecule has 21 heavy (non-hydrogen) atoms. The topological polar surface area (TPSA) is 88.3 Å². The fourth-order valence-electron chi connectivity index (χ4n) is 2.39. The normalized spacial score (nSPS) is 13.6. The highest BCUT2D eigenvalue weighted by atomic mass is 16.2. The van der Waals surface area contributed by atoms with E-state index in [1.165, 1.54) is 11.0 Å². The molecule has 0 radical (unpaired) electrons. The molecule has 0 aliphatic carbocycles. The summed E-state index contributed by atoms with van der Waals surface area (Å²) in [5.41, 5.74) is 8.07. The first-order chi connectivity index (χ1) is 10.0. The van der Waals surface area contributed by atoms with Gasteiger partial charge < -0.3 is 11.1 Å². The number of rotatable bonds is 1. The minimum absolute atomic E-state index is 0.0167. The van der Waals surface area contributed by atoms with Gasteiger partial charge in [0.25, 0.3) is 5.91 Å². The molecule has 1 aliphatic rings. The second-order valence-corrected chi connectivity index (χ2v) is 4.88. The zero-order chi connectivity index (χ0) is 15.0. The Morgan fingerprint density at radius 3 is 2.86 bits per heavy atom. The predicted octanol–water partition coefficient (Wildman–Crippen LogP) is 1.57. The molecule has 2 amide bonds. The molecule has 0 bridgehead atoms. The standard InChI is InChI=1S/C15H14N4O2/c1-9-6-10(7-13(16)17-9)15(21)19-8-14(20)18-11-4-2-3-5-12(11)19/h2-7H,8H2,1H3,(H2,16,17)(H,18,20). The van der Waals surface area contributed by atoms with E-state index < -0.39 is 0 Å². The number of pyridine rings is 1. The van der Waals surface area contributed by atoms with Crippen molar-refractivity contribution in [1.29, 1.82) is 0 Å². The Morgan fingerprint density at radius 1 is 1.33 bits per heavy atom. The summed E-state index contributed by atoms with van der Waals surface area (Å²) < 4.78 is 0. The summed E-state index contributed by atoms with van der Waals surface area (Å²) in [4.78, 5) is 29.9. The van der Waals surface area contributed by atoms with E-state index >= 15 is 0 Å². The van der Waals surface area contributed by atoms with Crippen LogP contribution in [-0.4, -0.2) is 23.3 Å². The molecule has 3 N–H and O–H groups in total. The van der Waals surface area contributed by atoms with Crippen molar-refractivity contribution in [1.82, 2.24) is 4.98 Å². The van der Waals surface area contributed by atoms with Crippen LogP contribution in [0.15, 0.2) is 36.4 Å². The van der Waals surface area contributed by atoms with Gasteiger partial charge in [0.05, 0.1) is 11.4 Å². The third-order valence-electron chi connectivity index (χ3n) is 3.24. The van der Waals surface area contributed by atoms with Crippen molar-refractivity contribution in [3.8, 4) is 0 Å². The third kappa shape index (κ3) is 2.43. The summed E-state index contributed by atoms with van der Waals surface area (Å²) in [6.45, 7) is 1.75. The molecule has 2 heterocycles. The number of nitrogens with two attached hydrogens (primary N) is 1. The molecule has 1 aliphatic heterocycles. The molecule has 0 saturated carbocycles. The van der Waals surface area contributed by atoms with Crippen LogP contribution in [0.2, 0.25) is 0 Å². The van der Waals surface area contributed by atoms with E-state index in [0.29, 0.717) is 22.6 Å². The number of para-hydroxylation sites is 2. The average Bonchev–Trinajstić information content (AvgIpc) is 2.44. The minimum Gasteiger partial charge on any atom is -0.384 e. The number of carbonyl (C=O) groups excluding carboxylic acids is 2. The lowest BCUT2D eigenvalue weighted by molar-refractivity contribution is -0.115. The Hall–Kier alpha value is -2.89. The van der Waals surface area contributed by atoms with Crippen LogP contribution in [-0.2, 0) is 4.79 Å². The molecule has 6 nitrogen and oxygen atoms in total. The number of anilines is 3. The van der Waals surface area contributed by atoms with Gasteiger partial charge in [-0.2, -0.15) is 0 Å². The van der Waals surface area contributed by atoms with Crippen molar-refractivity contribution in [3.63, 3.8) is 0 Å². The van der Waals surface area contributed by atoms with Crippen LogP contribution in [0.4, 0.5) is 17.2 Å². The van der Waals surface area contributed by atoms with Crippen LogP contribution >= 0.6 is 0 Å². The molecule has 0 spiro atoms. The van der Waals surface area contributed by atoms with E-state index in [0.717, 1.165) is 0 Å². The molecule has 1 aromatic carbocycles. The lowest BCUT2D eigenvalue weighted by Gasteiger charge is -2.29. The van der Waals surface area contributed by atoms with E-state index in [1.54, 1.807) is 25.1 Å². The maximum Gasteiger partial charge on any atom is 0.259 e. The molecule has 0 atom stereocenters. The summed E-state index contributed by atoms with van der Waals surface area (Å²) in [5, 5.41) is 2.75. The Labute approximate surface area is 121 Å². The van der Waals surface area contributed by atoms with E-state index in [1.807, 2.05) is 12.1 Å². The molecule has 106 valence electrons. The van der Waals surface area contributed by atoms with Crippen molar-refractivity contribution >= 4 is 29.0 Å². The summed E-state index contributed by atoms with van der Waals surface area (Å²) in [5.74, 6) is -0.205. The number of carbonyl (C=O) groups is 2. The van der Waals surface area contributed by atoms with Gasteiger partial charge in [-0.25, -0.2) is 4.98 Å². The number of fused-ring (bicyclic) bond motifs is 1. The second kappa shape index (κ2) is 4.90. The van der Waals surface area contributed by atoms with E-state index in [-0.39, 0.29) is 24.2 Å². The maximum absolute atomic E-state index is 12.7. The van der Waals surface area contributed by atoms with Crippen LogP contribution in [0.3, 0.4) is 0 Å². The van der Waals surface area contributed by atoms with Crippen LogP contribution in [0, 0.1) is 6.92 Å². The van der Waals surface area contributed by atoms with E-state index in [4.69, 9.17) is 5.73 Å². The first-order valence-electron chi connectivity index (χ1n) is 6.49. The van der Waals surface area contributed by atoms with Crippen molar-refractivity contribution in [3.05, 3.63) is 47.7 Å². The number of hydrogen-bond donors (Lipinski definition) is 2. The molecule has 1 aromatic heterocycles. The van der Waals surface area contributed by atoms with Crippen LogP contribution in [0.5, 0.6) is 0 Å². The number of aromatic nitrogens is 1. The highest BCUT2D eigenvalue weighted by molar-refractivity contribution is 6.15. The zero-order valence-corrected chi connectivity index (χ0v) is 11.5. The van der Waals surface area contributed by atoms with E-state index in [9.17, 15) is 9.59 Å². The predicted molar refractivity (Wildman–Crippen MR) is 80.1 cm³/mol. The molecular formula is C15H14N4O2. The number of nitrogens with zero attached hydrogens (tertiary/aromatic N) is 2. The van der Waals surface area contributed by atoms with Crippen molar-refractivity contribution in [2.75, 3.05) is 22.5 Å². The largest absolute Gasteiger partial charge is 0.384 e. The Kier molecular flexibility index (Phi) is 3.06. The number of aryl methyl sites for hydroxylation is 1. The monoisotopic (exact) mass is 282 g/mol. The van der Waals surface area contributed by atoms with Gasteiger partial charge in [0.2, 0.25) is 5.91 Å². The van der Waals surface area contributed by atoms with Crippen molar-refractivity contribution in [2.45, 2.75) is 6.92 Å². The first kappa shape index (κ1) is 13.1. The molecule has 0 fully saturated rings. The molecule has 0 saturated heterocycles. The summed E-state index contributed by atoms with van der Waals surface area (Å²) >= 11 is 0. The second-order valence-electron chi connectivity index (χ2n) is 4.88. The number of amides is 2. The first-order valence-corrected chi connectivity index (χ1v) is 6.49. The van der Waals surface area contributed by atoms with Crippen molar-refractivity contribution < 1.29 is 9.59 Å². The van der Waals surface area contributed by atoms with Gasteiger partial charge in [0, 0.05) is 11.3 Å². The van der Waals surface area contributed by atoms with Gasteiger partial charge >= 0.3 is 0 Å². The number of benzene rings is 1. The zero-order valence-electron chi connectivity index (χ0n) is 11.5. The van der Waals surface area contributed by atoms with Gasteiger partial charge in [-0.05, 0) is 31.2 Å². The summed E-state index contributed by atoms with van der Waals surface area (Å²) in [6, 6.07) is 10.4. The highest BCUT2D eigenvalue weighted by Gasteiger charge is 2.27. The lowest BCUT2D eigenvalue weighted by Crippen LogP contribution is -2.42. The van der Waals surface area contributed by atoms with Crippen LogP contribution < -0.4 is 16.0 Å². The van der Waals surface area contributed by atoms with Crippen molar-refractivity contribution in [2.24, 2.45) is 0 Å². The van der Waals surface area contributed by atoms with Crippen LogP contribution in [0.1, 0.15) is 16.1 Å². The fraction of sp³-hybridized carbons (Fsp3) is 0.133. The number of hydrogen-bond acceptors (Lipinski definition) is 4. The maximum atomic E-state index is 12.7. The van der Waals surface area contributed by atoms with Gasteiger partial charge in [-0.15, -0.1) is 0 Å². The Morgan fingerprint density at radius 2 is 2.10 bits per heavy atom. The minimum atomic E-state index is -0.269. The molecule has 6 heteroatoms. The molecule has 0 unspecified atom stereocenters. The van der Waals surface area contributed by atoms with E-state index in [2.05, 4.69) is 10.3 Å². The Bertz CT molecular complexity index is 722. The lowest BCUT2D eigenvalue weighted by atomic mass is 10.1. The molecular weight excluding hydrogens is 268 g/mol. The summed E-state index contributed by atoms with van der Waals surface area (Å²) in [6.07, 6.45) is 0. The highest BCUT2D eigenvalue weighted by Crippen LogP contribution is 2.30. The third-order valence-corrected chi connectivity index (χ3v) is 3.24. The van der Waals surface area contributed by atoms with Gasteiger partial charge in [-0.1, -0.05) is 12.1 Å². The quantitative estimate of drug-likeness (QED) is 0.831. The fourth-order valence-corrected chi connectivity index (χ4v) is 2.39. The SMILES string of the molecule is Cc1cc(C(=O)N2CC(=O)Nc3ccccc32)cc(N)n1. The summed E-state index contributed by atoms with van der Waals surface area (Å²) in [7, 11) is 0.